The van der Waals surface area contributed by atoms with Crippen LogP contribution in [0.4, 0.5) is 0 Å². The average Bonchev–Trinajstić information content (AvgIpc) is 3.26. The van der Waals surface area contributed by atoms with Crippen molar-refractivity contribution in [3.05, 3.63) is 82.4 Å². The molecular formula is C26H30N4O2S. The third-order valence-electron chi connectivity index (χ3n) is 6.24. The van der Waals surface area contributed by atoms with E-state index in [-0.39, 0.29) is 24.5 Å². The molecule has 1 saturated heterocycles. The second-order valence-corrected chi connectivity index (χ2v) is 9.04. The van der Waals surface area contributed by atoms with Crippen molar-refractivity contribution in [2.75, 3.05) is 13.7 Å². The molecule has 1 N–H and O–H groups in total. The van der Waals surface area contributed by atoms with Crippen LogP contribution in [0.2, 0.25) is 0 Å². The Hall–Kier alpha value is -3.19. The summed E-state index contributed by atoms with van der Waals surface area (Å²) in [5.74, 6) is -0.251. The third kappa shape index (κ3) is 4.50. The maximum Gasteiger partial charge on any atom is 0.307 e. The van der Waals surface area contributed by atoms with Crippen LogP contribution in [0.15, 0.2) is 48.7 Å². The van der Waals surface area contributed by atoms with Gasteiger partial charge in [-0.15, -0.1) is 0 Å². The number of hydrogen-bond acceptors (Lipinski definition) is 4. The van der Waals surface area contributed by atoms with Gasteiger partial charge in [-0.3, -0.25) is 9.78 Å². The van der Waals surface area contributed by atoms with Gasteiger partial charge in [0.05, 0.1) is 31.3 Å². The number of carbonyl (C=O) groups is 1. The Kier molecular flexibility index (Phi) is 6.51. The van der Waals surface area contributed by atoms with Crippen molar-refractivity contribution in [3.63, 3.8) is 0 Å². The second kappa shape index (κ2) is 9.35. The van der Waals surface area contributed by atoms with E-state index < -0.39 is 0 Å². The molecule has 2 atom stereocenters. The van der Waals surface area contributed by atoms with Gasteiger partial charge in [-0.1, -0.05) is 12.1 Å². The second-order valence-electron chi connectivity index (χ2n) is 8.65. The Morgan fingerprint density at radius 3 is 2.48 bits per heavy atom. The van der Waals surface area contributed by atoms with Crippen molar-refractivity contribution in [2.45, 2.75) is 46.2 Å². The first-order valence-corrected chi connectivity index (χ1v) is 11.5. The summed E-state index contributed by atoms with van der Waals surface area (Å²) < 4.78 is 7.18. The minimum atomic E-state index is -0.251. The molecule has 0 bridgehead atoms. The van der Waals surface area contributed by atoms with Gasteiger partial charge in [0.15, 0.2) is 5.11 Å². The predicted molar refractivity (Wildman–Crippen MR) is 134 cm³/mol. The molecule has 0 amide bonds. The van der Waals surface area contributed by atoms with Crippen LogP contribution in [0.25, 0.3) is 5.69 Å². The number of carbonyl (C=O) groups excluding carboxylic acids is 1. The van der Waals surface area contributed by atoms with Crippen LogP contribution in [0.5, 0.6) is 0 Å². The molecule has 172 valence electrons. The van der Waals surface area contributed by atoms with E-state index in [2.05, 4.69) is 71.7 Å². The van der Waals surface area contributed by atoms with Gasteiger partial charge >= 0.3 is 5.97 Å². The van der Waals surface area contributed by atoms with E-state index in [1.54, 1.807) is 6.20 Å². The summed E-state index contributed by atoms with van der Waals surface area (Å²) >= 11 is 5.72. The van der Waals surface area contributed by atoms with Crippen molar-refractivity contribution in [2.24, 2.45) is 0 Å². The minimum Gasteiger partial charge on any atom is -0.469 e. The van der Waals surface area contributed by atoms with Crippen molar-refractivity contribution in [1.82, 2.24) is 19.8 Å². The molecule has 6 nitrogen and oxygen atoms in total. The van der Waals surface area contributed by atoms with E-state index in [0.29, 0.717) is 11.7 Å². The number of nitrogens with zero attached hydrogens (tertiary/aromatic N) is 3. The highest BCUT2D eigenvalue weighted by molar-refractivity contribution is 7.80. The van der Waals surface area contributed by atoms with Gasteiger partial charge in [0, 0.05) is 29.8 Å². The van der Waals surface area contributed by atoms with E-state index >= 15 is 0 Å². The lowest BCUT2D eigenvalue weighted by Crippen LogP contribution is -2.32. The Balaban J connectivity index is 1.81. The average molecular weight is 463 g/mol. The molecule has 3 heterocycles. The van der Waals surface area contributed by atoms with Crippen LogP contribution in [0, 0.1) is 27.7 Å². The fourth-order valence-corrected chi connectivity index (χ4v) is 5.19. The summed E-state index contributed by atoms with van der Waals surface area (Å²) in [6, 6.07) is 14.5. The van der Waals surface area contributed by atoms with Crippen LogP contribution in [-0.4, -0.2) is 39.2 Å². The maximum atomic E-state index is 11.9. The molecule has 0 spiro atoms. The number of hydrogen-bond donors (Lipinski definition) is 1. The Morgan fingerprint density at radius 2 is 1.85 bits per heavy atom. The van der Waals surface area contributed by atoms with E-state index in [9.17, 15) is 4.79 Å². The molecule has 0 aliphatic carbocycles. The lowest BCUT2D eigenvalue weighted by molar-refractivity contribution is -0.140. The fraction of sp³-hybridized carbons (Fsp3) is 0.346. The maximum absolute atomic E-state index is 11.9. The molecule has 1 aliphatic heterocycles. The van der Waals surface area contributed by atoms with Gasteiger partial charge in [-0.25, -0.2) is 0 Å². The monoisotopic (exact) mass is 462 g/mol. The number of nitrogens with one attached hydrogen (secondary N) is 1. The summed E-state index contributed by atoms with van der Waals surface area (Å²) in [5, 5.41) is 4.08. The molecule has 33 heavy (non-hydrogen) atoms. The zero-order chi connectivity index (χ0) is 23.7. The zero-order valence-electron chi connectivity index (χ0n) is 19.8. The molecule has 0 radical (unpaired) electrons. The summed E-state index contributed by atoms with van der Waals surface area (Å²) in [5.41, 5.74) is 8.00. The number of methoxy groups -OCH3 is 1. The molecule has 1 aliphatic rings. The lowest BCUT2D eigenvalue weighted by Gasteiger charge is -2.28. The van der Waals surface area contributed by atoms with Gasteiger partial charge in [-0.2, -0.15) is 0 Å². The van der Waals surface area contributed by atoms with Gasteiger partial charge in [0.1, 0.15) is 0 Å². The number of aromatic nitrogens is 2. The van der Waals surface area contributed by atoms with Gasteiger partial charge in [0.2, 0.25) is 0 Å². The van der Waals surface area contributed by atoms with Crippen LogP contribution < -0.4 is 5.32 Å². The van der Waals surface area contributed by atoms with Crippen molar-refractivity contribution < 1.29 is 9.53 Å². The largest absolute Gasteiger partial charge is 0.469 e. The Bertz CT molecular complexity index is 1170. The van der Waals surface area contributed by atoms with Crippen LogP contribution in [0.3, 0.4) is 0 Å². The Morgan fingerprint density at radius 1 is 1.12 bits per heavy atom. The van der Waals surface area contributed by atoms with Gasteiger partial charge < -0.3 is 19.5 Å². The molecule has 2 aromatic heterocycles. The highest BCUT2D eigenvalue weighted by atomic mass is 32.1. The van der Waals surface area contributed by atoms with Gasteiger partial charge in [0.25, 0.3) is 0 Å². The van der Waals surface area contributed by atoms with Crippen LogP contribution in [-0.2, 0) is 9.53 Å². The van der Waals surface area contributed by atoms with Crippen LogP contribution in [0.1, 0.15) is 52.3 Å². The molecule has 1 aromatic carbocycles. The molecule has 1 fully saturated rings. The van der Waals surface area contributed by atoms with Gasteiger partial charge in [-0.05, 0) is 86.9 Å². The Labute approximate surface area is 200 Å². The quantitative estimate of drug-likeness (QED) is 0.425. The molecule has 4 rings (SSSR count). The molecule has 7 heteroatoms. The standard InChI is InChI=1S/C26H30N4O2S/c1-16-12-17(2)14-20(13-16)30-18(3)15-21(19(30)4)25-24(22-8-6-7-10-27-22)28-26(33)29(25)11-9-23(31)32-5/h6-8,10,12-15,24-25H,9,11H2,1-5H3,(H,28,33). The first kappa shape index (κ1) is 23.0. The van der Waals surface area contributed by atoms with Crippen molar-refractivity contribution >= 4 is 23.3 Å². The zero-order valence-corrected chi connectivity index (χ0v) is 20.6. The molecular weight excluding hydrogens is 432 g/mol. The van der Waals surface area contributed by atoms with E-state index in [0.717, 1.165) is 22.8 Å². The first-order valence-electron chi connectivity index (χ1n) is 11.1. The third-order valence-corrected chi connectivity index (χ3v) is 6.59. The number of thiocarbonyl (C=S) groups is 1. The number of benzene rings is 1. The topological polar surface area (TPSA) is 59.4 Å². The number of aryl methyl sites for hydroxylation is 3. The summed E-state index contributed by atoms with van der Waals surface area (Å²) in [4.78, 5) is 18.6. The van der Waals surface area contributed by atoms with E-state index in [4.69, 9.17) is 17.0 Å². The number of rotatable bonds is 6. The highest BCUT2D eigenvalue weighted by Gasteiger charge is 2.41. The van der Waals surface area contributed by atoms with E-state index in [1.165, 1.54) is 23.8 Å². The number of esters is 1. The minimum absolute atomic E-state index is 0.0945. The summed E-state index contributed by atoms with van der Waals surface area (Å²) in [6.07, 6.45) is 2.06. The van der Waals surface area contributed by atoms with Crippen molar-refractivity contribution in [1.29, 1.82) is 0 Å². The molecule has 3 aromatic rings. The smallest absolute Gasteiger partial charge is 0.307 e. The summed E-state index contributed by atoms with van der Waals surface area (Å²) in [6.45, 7) is 8.99. The predicted octanol–water partition coefficient (Wildman–Crippen LogP) is 4.64. The van der Waals surface area contributed by atoms with Crippen LogP contribution >= 0.6 is 12.2 Å². The molecule has 0 saturated carbocycles. The molecule has 2 unspecified atom stereocenters. The SMILES string of the molecule is COC(=O)CCN1C(=S)NC(c2ccccn2)C1c1cc(C)n(-c2cc(C)cc(C)c2)c1C. The van der Waals surface area contributed by atoms with E-state index in [1.807, 2.05) is 18.2 Å². The van der Waals surface area contributed by atoms with Crippen molar-refractivity contribution in [3.8, 4) is 5.69 Å². The first-order chi connectivity index (χ1) is 15.8. The fourth-order valence-electron chi connectivity index (χ4n) is 4.86. The lowest BCUT2D eigenvalue weighted by atomic mass is 9.96. The highest BCUT2D eigenvalue weighted by Crippen LogP contribution is 2.41. The normalized spacial score (nSPS) is 17.8. The number of pyridine rings is 1. The summed E-state index contributed by atoms with van der Waals surface area (Å²) in [7, 11) is 1.41. The number of ether oxygens (including phenoxy) is 1.